The van der Waals surface area contributed by atoms with Crippen molar-refractivity contribution in [2.45, 2.75) is 51.6 Å². The minimum Gasteiger partial charge on any atom is -0.368 e. The number of hydrogen-bond donors (Lipinski definition) is 1. The molecule has 1 fully saturated rings. The van der Waals surface area contributed by atoms with E-state index in [-0.39, 0.29) is 5.60 Å². The molecule has 0 spiro atoms. The Morgan fingerprint density at radius 2 is 2.17 bits per heavy atom. The highest BCUT2D eigenvalue weighted by molar-refractivity contribution is 9.10. The van der Waals surface area contributed by atoms with Crippen molar-refractivity contribution in [1.29, 1.82) is 0 Å². The summed E-state index contributed by atoms with van der Waals surface area (Å²) in [6.07, 6.45) is 3.32. The maximum absolute atomic E-state index is 5.86. The van der Waals surface area contributed by atoms with Crippen LogP contribution in [-0.4, -0.2) is 16.6 Å². The fourth-order valence-electron chi connectivity index (χ4n) is 2.04. The van der Waals surface area contributed by atoms with Crippen LogP contribution in [0.5, 0.6) is 0 Å². The van der Waals surface area contributed by atoms with Crippen LogP contribution >= 0.6 is 28.1 Å². The van der Waals surface area contributed by atoms with Crippen LogP contribution in [-0.2, 0) is 10.3 Å². The zero-order valence-corrected chi connectivity index (χ0v) is 13.4. The number of ether oxygens (including phenoxy) is 1. The number of H-pyrrole nitrogens is 1. The molecule has 0 aromatic carbocycles. The smallest absolute Gasteiger partial charge is 0.144 e. The molecule has 1 aromatic heterocycles. The second-order valence-electron chi connectivity index (χ2n) is 4.91. The van der Waals surface area contributed by atoms with Gasteiger partial charge in [0.05, 0.1) is 4.47 Å². The lowest BCUT2D eigenvalue weighted by molar-refractivity contribution is -0.0393. The number of aromatic nitrogens is 2. The van der Waals surface area contributed by atoms with E-state index in [4.69, 9.17) is 17.0 Å². The average molecular weight is 331 g/mol. The highest BCUT2D eigenvalue weighted by atomic mass is 79.9. The molecule has 1 N–H and O–H groups in total. The van der Waals surface area contributed by atoms with Crippen molar-refractivity contribution in [2.24, 2.45) is 0 Å². The van der Waals surface area contributed by atoms with Crippen molar-refractivity contribution in [1.82, 2.24) is 9.97 Å². The van der Waals surface area contributed by atoms with E-state index in [9.17, 15) is 0 Å². The third-order valence-corrected chi connectivity index (χ3v) is 4.88. The molecule has 5 heteroatoms. The van der Waals surface area contributed by atoms with E-state index in [1.807, 2.05) is 6.92 Å². The van der Waals surface area contributed by atoms with E-state index in [0.29, 0.717) is 17.2 Å². The molecule has 0 amide bonds. The predicted molar refractivity (Wildman–Crippen MR) is 78.4 cm³/mol. The predicted octanol–water partition coefficient (Wildman–Crippen LogP) is 4.44. The van der Waals surface area contributed by atoms with Gasteiger partial charge in [0.2, 0.25) is 0 Å². The molecule has 0 saturated heterocycles. The van der Waals surface area contributed by atoms with Crippen molar-refractivity contribution in [3.05, 3.63) is 20.6 Å². The summed E-state index contributed by atoms with van der Waals surface area (Å²) in [5.41, 5.74) is 0.802. The van der Waals surface area contributed by atoms with Crippen LogP contribution in [0.1, 0.15) is 57.5 Å². The molecule has 1 aliphatic carbocycles. The molecular formula is C13H19BrN2OS. The molecule has 1 saturated carbocycles. The molecule has 1 heterocycles. The van der Waals surface area contributed by atoms with E-state index < -0.39 is 0 Å². The number of nitrogens with zero attached hydrogens (tertiary/aromatic N) is 1. The van der Waals surface area contributed by atoms with Gasteiger partial charge in [0.25, 0.3) is 0 Å². The number of rotatable bonds is 5. The Morgan fingerprint density at radius 3 is 2.67 bits per heavy atom. The summed E-state index contributed by atoms with van der Waals surface area (Å²) in [5, 5.41) is 0. The number of aromatic amines is 1. The van der Waals surface area contributed by atoms with E-state index >= 15 is 0 Å². The Bertz CT molecular complexity index is 498. The van der Waals surface area contributed by atoms with Gasteiger partial charge in [-0.2, -0.15) is 0 Å². The minimum absolute atomic E-state index is 0.382. The van der Waals surface area contributed by atoms with Gasteiger partial charge in [0, 0.05) is 18.2 Å². The molecule has 0 bridgehead atoms. The highest BCUT2D eigenvalue weighted by Crippen LogP contribution is 2.43. The van der Waals surface area contributed by atoms with Gasteiger partial charge in [-0.25, -0.2) is 4.98 Å². The summed E-state index contributed by atoms with van der Waals surface area (Å²) >= 11 is 8.89. The second-order valence-corrected chi connectivity index (χ2v) is 6.09. The summed E-state index contributed by atoms with van der Waals surface area (Å²) in [4.78, 5) is 7.93. The second kappa shape index (κ2) is 5.39. The minimum atomic E-state index is -0.382. The van der Waals surface area contributed by atoms with Gasteiger partial charge >= 0.3 is 0 Å². The zero-order valence-electron chi connectivity index (χ0n) is 11.0. The van der Waals surface area contributed by atoms with Crippen LogP contribution in [0.3, 0.4) is 0 Å². The van der Waals surface area contributed by atoms with Gasteiger partial charge < -0.3 is 9.72 Å². The van der Waals surface area contributed by atoms with E-state index in [1.165, 1.54) is 18.5 Å². The largest absolute Gasteiger partial charge is 0.368 e. The van der Waals surface area contributed by atoms with Gasteiger partial charge in [-0.15, -0.1) is 0 Å². The molecule has 0 aliphatic heterocycles. The molecule has 100 valence electrons. The first-order chi connectivity index (χ1) is 8.51. The molecule has 1 atom stereocenters. The molecule has 0 radical (unpaired) electrons. The van der Waals surface area contributed by atoms with Crippen molar-refractivity contribution < 1.29 is 4.74 Å². The molecule has 1 unspecified atom stereocenters. The highest BCUT2D eigenvalue weighted by Gasteiger charge is 2.32. The normalized spacial score (nSPS) is 18.7. The summed E-state index contributed by atoms with van der Waals surface area (Å²) in [6, 6.07) is 0. The summed E-state index contributed by atoms with van der Waals surface area (Å²) in [6.45, 7) is 6.84. The SMILES string of the molecule is CCOC(C)(CC)c1nc(=S)c(Br)c(C2CC2)[nH]1. The van der Waals surface area contributed by atoms with Gasteiger partial charge in [-0.3, -0.25) is 0 Å². The molecule has 2 rings (SSSR count). The van der Waals surface area contributed by atoms with E-state index in [1.54, 1.807) is 0 Å². The zero-order chi connectivity index (χ0) is 13.3. The van der Waals surface area contributed by atoms with Crippen LogP contribution in [0, 0.1) is 4.64 Å². The first-order valence-electron chi connectivity index (χ1n) is 6.46. The monoisotopic (exact) mass is 330 g/mol. The quantitative estimate of drug-likeness (QED) is 0.811. The van der Waals surface area contributed by atoms with Crippen molar-refractivity contribution in [3.63, 3.8) is 0 Å². The Balaban J connectivity index is 2.47. The van der Waals surface area contributed by atoms with Crippen molar-refractivity contribution in [2.75, 3.05) is 6.61 Å². The maximum Gasteiger partial charge on any atom is 0.144 e. The Morgan fingerprint density at radius 1 is 1.50 bits per heavy atom. The standard InChI is InChI=1S/C13H19BrN2OS/c1-4-13(3,17-5-2)12-15-10(8-6-7-8)9(14)11(18)16-12/h8H,4-7H2,1-3H3,(H,15,16,18). The van der Waals surface area contributed by atoms with Crippen LogP contribution in [0.2, 0.25) is 0 Å². The van der Waals surface area contributed by atoms with Gasteiger partial charge in [-0.1, -0.05) is 19.1 Å². The lowest BCUT2D eigenvalue weighted by Gasteiger charge is -2.27. The first-order valence-corrected chi connectivity index (χ1v) is 7.66. The fourth-order valence-corrected chi connectivity index (χ4v) is 2.75. The maximum atomic E-state index is 5.86. The number of hydrogen-bond acceptors (Lipinski definition) is 3. The average Bonchev–Trinajstić information content (AvgIpc) is 3.16. The number of halogens is 1. The topological polar surface area (TPSA) is 37.9 Å². The van der Waals surface area contributed by atoms with Crippen molar-refractivity contribution >= 4 is 28.1 Å². The summed E-state index contributed by atoms with van der Waals surface area (Å²) in [5.74, 6) is 1.45. The van der Waals surface area contributed by atoms with Crippen LogP contribution in [0.25, 0.3) is 0 Å². The first kappa shape index (κ1) is 14.2. The van der Waals surface area contributed by atoms with Crippen LogP contribution in [0.15, 0.2) is 4.47 Å². The Hall–Kier alpha value is -0.260. The summed E-state index contributed by atoms with van der Waals surface area (Å²) < 4.78 is 7.43. The Labute approximate surface area is 121 Å². The Kier molecular flexibility index (Phi) is 4.24. The lowest BCUT2D eigenvalue weighted by atomic mass is 10.0. The molecular weight excluding hydrogens is 312 g/mol. The fraction of sp³-hybridized carbons (Fsp3) is 0.692. The van der Waals surface area contributed by atoms with Crippen LogP contribution in [0.4, 0.5) is 0 Å². The van der Waals surface area contributed by atoms with Crippen molar-refractivity contribution in [3.8, 4) is 0 Å². The third-order valence-electron chi connectivity index (χ3n) is 3.51. The number of nitrogens with one attached hydrogen (secondary N) is 1. The summed E-state index contributed by atoms with van der Waals surface area (Å²) in [7, 11) is 0. The van der Waals surface area contributed by atoms with Crippen LogP contribution < -0.4 is 0 Å². The molecule has 1 aliphatic rings. The van der Waals surface area contributed by atoms with Gasteiger partial charge in [0.1, 0.15) is 16.1 Å². The third kappa shape index (κ3) is 2.68. The molecule has 3 nitrogen and oxygen atoms in total. The lowest BCUT2D eigenvalue weighted by Crippen LogP contribution is -2.28. The molecule has 18 heavy (non-hydrogen) atoms. The van der Waals surface area contributed by atoms with Gasteiger partial charge in [-0.05, 0) is 49.0 Å². The van der Waals surface area contributed by atoms with E-state index in [2.05, 4.69) is 39.7 Å². The van der Waals surface area contributed by atoms with Gasteiger partial charge in [0.15, 0.2) is 0 Å². The molecule has 1 aromatic rings. The van der Waals surface area contributed by atoms with E-state index in [0.717, 1.165) is 16.7 Å².